The molecule has 0 aliphatic heterocycles. The Morgan fingerprint density at radius 2 is 1.30 bits per heavy atom. The van der Waals surface area contributed by atoms with E-state index < -0.39 is 40.9 Å². The predicted molar refractivity (Wildman–Crippen MR) is 121 cm³/mol. The molecule has 2 nitrogen and oxygen atoms in total. The van der Waals surface area contributed by atoms with Gasteiger partial charge in [0.25, 0.3) is 0 Å². The van der Waals surface area contributed by atoms with Crippen molar-refractivity contribution in [1.82, 2.24) is 0 Å². The van der Waals surface area contributed by atoms with Gasteiger partial charge in [0.05, 0.1) is 5.92 Å². The smallest absolute Gasteiger partial charge is 0.314 e. The number of carbonyl (C=O) groups excluding carboxylic acids is 1. The first-order chi connectivity index (χ1) is 15.6. The Hall–Kier alpha value is -2.37. The van der Waals surface area contributed by atoms with E-state index in [-0.39, 0.29) is 17.4 Å². The SMILES string of the molecule is C=C(C)/C(F)=C(/F)C(=C)OC(=O)C1CCC(c2ccc(C3CCC(C)CC3)c(F)c2F)CC1. The summed E-state index contributed by atoms with van der Waals surface area (Å²) in [7, 11) is 0. The molecule has 33 heavy (non-hydrogen) atoms. The van der Waals surface area contributed by atoms with E-state index in [0.717, 1.165) is 25.7 Å². The van der Waals surface area contributed by atoms with E-state index in [4.69, 9.17) is 4.74 Å². The predicted octanol–water partition coefficient (Wildman–Crippen LogP) is 8.32. The number of allylic oxidation sites excluding steroid dienone is 3. The molecule has 0 radical (unpaired) electrons. The normalized spacial score (nSPS) is 26.4. The summed E-state index contributed by atoms with van der Waals surface area (Å²) in [4.78, 5) is 12.4. The van der Waals surface area contributed by atoms with Crippen molar-refractivity contribution in [3.05, 3.63) is 71.0 Å². The summed E-state index contributed by atoms with van der Waals surface area (Å²) < 4.78 is 62.3. The maximum Gasteiger partial charge on any atom is 0.314 e. The number of hydrogen-bond donors (Lipinski definition) is 0. The lowest BCUT2D eigenvalue weighted by Crippen LogP contribution is -2.23. The first kappa shape index (κ1) is 25.3. The first-order valence-electron chi connectivity index (χ1n) is 11.7. The van der Waals surface area contributed by atoms with Crippen LogP contribution in [0.5, 0.6) is 0 Å². The van der Waals surface area contributed by atoms with Crippen LogP contribution in [0.25, 0.3) is 0 Å². The van der Waals surface area contributed by atoms with Crippen molar-refractivity contribution in [3.8, 4) is 0 Å². The third kappa shape index (κ3) is 5.77. The van der Waals surface area contributed by atoms with Gasteiger partial charge in [0, 0.05) is 0 Å². The van der Waals surface area contributed by atoms with Gasteiger partial charge in [0.2, 0.25) is 5.83 Å². The minimum Gasteiger partial charge on any atom is -0.424 e. The minimum absolute atomic E-state index is 0.0625. The van der Waals surface area contributed by atoms with Gasteiger partial charge in [0.15, 0.2) is 23.2 Å². The molecule has 2 fully saturated rings. The standard InChI is InChI=1S/C27H32F4O2/c1-15(2)23(28)24(29)17(4)33-27(32)20-11-9-19(10-12-20)22-14-13-21(25(30)26(22)31)18-7-5-16(3)6-8-18/h13-14,16,18-20H,1,4-12H2,2-3H3/b24-23-. The highest BCUT2D eigenvalue weighted by Crippen LogP contribution is 2.41. The van der Waals surface area contributed by atoms with Crippen LogP contribution in [0.4, 0.5) is 17.6 Å². The van der Waals surface area contributed by atoms with Crippen LogP contribution in [0.3, 0.4) is 0 Å². The van der Waals surface area contributed by atoms with Gasteiger partial charge in [-0.15, -0.1) is 0 Å². The van der Waals surface area contributed by atoms with Gasteiger partial charge < -0.3 is 4.74 Å². The van der Waals surface area contributed by atoms with E-state index >= 15 is 0 Å². The molecular formula is C27H32F4O2. The van der Waals surface area contributed by atoms with E-state index in [2.05, 4.69) is 20.1 Å². The molecule has 180 valence electrons. The second-order valence-electron chi connectivity index (χ2n) is 9.63. The number of carbonyl (C=O) groups is 1. The lowest BCUT2D eigenvalue weighted by Gasteiger charge is -2.29. The van der Waals surface area contributed by atoms with Crippen molar-refractivity contribution in [3.63, 3.8) is 0 Å². The van der Waals surface area contributed by atoms with E-state index in [1.807, 2.05) is 0 Å². The maximum atomic E-state index is 15.0. The minimum atomic E-state index is -1.35. The Morgan fingerprint density at radius 3 is 1.76 bits per heavy atom. The lowest BCUT2D eigenvalue weighted by molar-refractivity contribution is -0.145. The highest BCUT2D eigenvalue weighted by molar-refractivity contribution is 5.74. The zero-order chi connectivity index (χ0) is 24.3. The Morgan fingerprint density at radius 1 is 0.848 bits per heavy atom. The van der Waals surface area contributed by atoms with E-state index in [1.165, 1.54) is 6.92 Å². The fourth-order valence-corrected chi connectivity index (χ4v) is 4.98. The summed E-state index contributed by atoms with van der Waals surface area (Å²) >= 11 is 0. The molecule has 0 heterocycles. The highest BCUT2D eigenvalue weighted by Gasteiger charge is 2.32. The van der Waals surface area contributed by atoms with Crippen molar-refractivity contribution in [2.24, 2.45) is 11.8 Å². The molecule has 0 unspecified atom stereocenters. The molecule has 0 N–H and O–H groups in total. The van der Waals surface area contributed by atoms with Gasteiger partial charge >= 0.3 is 5.97 Å². The number of halogens is 4. The van der Waals surface area contributed by atoms with E-state index in [9.17, 15) is 22.4 Å². The molecule has 0 bridgehead atoms. The molecule has 1 aromatic carbocycles. The third-order valence-electron chi connectivity index (χ3n) is 7.13. The van der Waals surface area contributed by atoms with Crippen molar-refractivity contribution >= 4 is 5.97 Å². The second-order valence-corrected chi connectivity index (χ2v) is 9.63. The molecule has 0 saturated heterocycles. The van der Waals surface area contributed by atoms with E-state index in [1.54, 1.807) is 12.1 Å². The van der Waals surface area contributed by atoms with Crippen LogP contribution in [0, 0.1) is 23.5 Å². The molecule has 2 saturated carbocycles. The second kappa shape index (κ2) is 10.7. The monoisotopic (exact) mass is 464 g/mol. The number of esters is 1. The number of hydrogen-bond acceptors (Lipinski definition) is 2. The molecule has 0 amide bonds. The van der Waals surface area contributed by atoms with Gasteiger partial charge in [-0.25, -0.2) is 13.2 Å². The molecule has 2 aliphatic rings. The summed E-state index contributed by atoms with van der Waals surface area (Å²) in [6.07, 6.45) is 5.52. The fraction of sp³-hybridized carbons (Fsp3) is 0.519. The van der Waals surface area contributed by atoms with Gasteiger partial charge in [-0.2, -0.15) is 4.39 Å². The van der Waals surface area contributed by atoms with Crippen LogP contribution in [-0.2, 0) is 9.53 Å². The molecule has 6 heteroatoms. The molecule has 0 aromatic heterocycles. The van der Waals surface area contributed by atoms with Crippen LogP contribution in [-0.4, -0.2) is 5.97 Å². The Labute approximate surface area is 193 Å². The van der Waals surface area contributed by atoms with Crippen LogP contribution in [0.1, 0.15) is 88.2 Å². The lowest BCUT2D eigenvalue weighted by atomic mass is 9.76. The van der Waals surface area contributed by atoms with E-state index in [0.29, 0.717) is 42.7 Å². The molecule has 0 atom stereocenters. The summed E-state index contributed by atoms with van der Waals surface area (Å²) in [5.41, 5.74) is 0.675. The molecular weight excluding hydrogens is 432 g/mol. The molecule has 3 rings (SSSR count). The zero-order valence-corrected chi connectivity index (χ0v) is 19.4. The summed E-state index contributed by atoms with van der Waals surface area (Å²) in [5, 5.41) is 0. The van der Waals surface area contributed by atoms with Crippen LogP contribution < -0.4 is 0 Å². The van der Waals surface area contributed by atoms with Gasteiger partial charge in [-0.1, -0.05) is 45.1 Å². The fourth-order valence-electron chi connectivity index (χ4n) is 4.98. The summed E-state index contributed by atoms with van der Waals surface area (Å²) in [6, 6.07) is 3.42. The number of rotatable bonds is 6. The van der Waals surface area contributed by atoms with Gasteiger partial charge in [-0.05, 0) is 79.9 Å². The van der Waals surface area contributed by atoms with Crippen LogP contribution >= 0.6 is 0 Å². The Balaban J connectivity index is 1.61. The molecule has 2 aliphatic carbocycles. The van der Waals surface area contributed by atoms with Crippen LogP contribution in [0.2, 0.25) is 0 Å². The van der Waals surface area contributed by atoms with Crippen LogP contribution in [0.15, 0.2) is 48.3 Å². The number of benzene rings is 1. The zero-order valence-electron chi connectivity index (χ0n) is 19.4. The van der Waals surface area contributed by atoms with Crippen molar-refractivity contribution in [2.75, 3.05) is 0 Å². The van der Waals surface area contributed by atoms with Gasteiger partial charge in [0.1, 0.15) is 0 Å². The summed E-state index contributed by atoms with van der Waals surface area (Å²) in [6.45, 7) is 10.1. The van der Waals surface area contributed by atoms with Crippen molar-refractivity contribution in [2.45, 2.75) is 77.0 Å². The van der Waals surface area contributed by atoms with Crippen molar-refractivity contribution < 1.29 is 27.1 Å². The average Bonchev–Trinajstić information content (AvgIpc) is 2.80. The first-order valence-corrected chi connectivity index (χ1v) is 11.7. The Kier molecular flexibility index (Phi) is 8.19. The topological polar surface area (TPSA) is 26.3 Å². The quantitative estimate of drug-likeness (QED) is 0.183. The average molecular weight is 465 g/mol. The highest BCUT2D eigenvalue weighted by atomic mass is 19.2. The Bertz CT molecular complexity index is 949. The maximum absolute atomic E-state index is 15.0. The third-order valence-corrected chi connectivity index (χ3v) is 7.13. The summed E-state index contributed by atoms with van der Waals surface area (Å²) in [5.74, 6) is -5.52. The molecule has 1 aromatic rings. The largest absolute Gasteiger partial charge is 0.424 e. The number of ether oxygens (including phenoxy) is 1. The molecule has 0 spiro atoms. The van der Waals surface area contributed by atoms with Gasteiger partial charge in [-0.3, -0.25) is 4.79 Å². The van der Waals surface area contributed by atoms with Crippen molar-refractivity contribution in [1.29, 1.82) is 0 Å².